The first-order valence-electron chi connectivity index (χ1n) is 9.61. The molecule has 0 amide bonds. The van der Waals surface area contributed by atoms with Gasteiger partial charge in [0.05, 0.1) is 6.54 Å². The fraction of sp³-hybridized carbons (Fsp3) is 0.320. The number of aryl methyl sites for hydroxylation is 2. The molecule has 0 N–H and O–H groups in total. The second-order valence-electron chi connectivity index (χ2n) is 6.72. The smallest absolute Gasteiger partial charge is 0.0642 e. The molecule has 0 aliphatic rings. The monoisotopic (exact) mass is 409 g/mol. The topological polar surface area (TPSA) is 12.4 Å². The number of benzene rings is 1. The van der Waals surface area contributed by atoms with Crippen molar-refractivity contribution >= 4 is 40.4 Å². The van der Waals surface area contributed by atoms with Crippen LogP contribution in [0.25, 0.3) is 0 Å². The molecule has 0 fully saturated rings. The molecule has 0 aliphatic heterocycles. The van der Waals surface area contributed by atoms with E-state index in [1.807, 2.05) is 50.4 Å². The number of allylic oxidation sites excluding steroid dienone is 5. The van der Waals surface area contributed by atoms with Crippen LogP contribution in [0.3, 0.4) is 0 Å². The number of hydrogen-bond donors (Lipinski definition) is 0. The SMILES string of the molecule is C=CC(=CC=CC)CN=C(C)/C(=C\C(C=S)c1cc(CC)ccc1C)C(C)=S. The lowest BCUT2D eigenvalue weighted by molar-refractivity contribution is 1.08. The Balaban J connectivity index is 3.29. The van der Waals surface area contributed by atoms with Gasteiger partial charge >= 0.3 is 0 Å². The Morgan fingerprint density at radius 1 is 1.29 bits per heavy atom. The minimum absolute atomic E-state index is 0.0250. The fourth-order valence-corrected chi connectivity index (χ4v) is 3.28. The number of thiocarbonyl (C=S) groups is 2. The highest BCUT2D eigenvalue weighted by molar-refractivity contribution is 7.81. The zero-order valence-corrected chi connectivity index (χ0v) is 19.3. The van der Waals surface area contributed by atoms with E-state index in [-0.39, 0.29) is 5.92 Å². The zero-order valence-electron chi connectivity index (χ0n) is 17.7. The van der Waals surface area contributed by atoms with Crippen LogP contribution in [0.2, 0.25) is 0 Å². The first-order valence-corrected chi connectivity index (χ1v) is 10.5. The Labute approximate surface area is 181 Å². The molecule has 0 heterocycles. The molecule has 0 aromatic heterocycles. The highest BCUT2D eigenvalue weighted by Crippen LogP contribution is 2.24. The van der Waals surface area contributed by atoms with Gasteiger partial charge in [-0.15, -0.1) is 0 Å². The van der Waals surface area contributed by atoms with Gasteiger partial charge in [-0.2, -0.15) is 0 Å². The lowest BCUT2D eigenvalue weighted by atomic mass is 9.91. The molecule has 0 aliphatic carbocycles. The fourth-order valence-electron chi connectivity index (χ4n) is 2.84. The van der Waals surface area contributed by atoms with Crippen LogP contribution in [0.15, 0.2) is 71.3 Å². The van der Waals surface area contributed by atoms with Crippen molar-refractivity contribution < 1.29 is 0 Å². The van der Waals surface area contributed by atoms with Gasteiger partial charge in [-0.05, 0) is 61.7 Å². The van der Waals surface area contributed by atoms with Crippen molar-refractivity contribution in [3.8, 4) is 0 Å². The van der Waals surface area contributed by atoms with E-state index in [1.165, 1.54) is 16.7 Å². The Morgan fingerprint density at radius 3 is 2.54 bits per heavy atom. The van der Waals surface area contributed by atoms with Crippen molar-refractivity contribution in [3.05, 3.63) is 83.0 Å². The van der Waals surface area contributed by atoms with E-state index < -0.39 is 0 Å². The highest BCUT2D eigenvalue weighted by Gasteiger charge is 2.13. The lowest BCUT2D eigenvalue weighted by Crippen LogP contribution is -2.10. The van der Waals surface area contributed by atoms with Crippen molar-refractivity contribution in [2.75, 3.05) is 6.54 Å². The molecule has 1 unspecified atom stereocenters. The molecule has 1 aromatic rings. The third-order valence-electron chi connectivity index (χ3n) is 4.64. The summed E-state index contributed by atoms with van der Waals surface area (Å²) in [7, 11) is 0. The minimum Gasteiger partial charge on any atom is -0.285 e. The van der Waals surface area contributed by atoms with Gasteiger partial charge in [-0.1, -0.05) is 86.5 Å². The van der Waals surface area contributed by atoms with E-state index in [2.05, 4.69) is 44.7 Å². The van der Waals surface area contributed by atoms with Gasteiger partial charge in [-0.3, -0.25) is 4.99 Å². The molecule has 1 atom stereocenters. The Morgan fingerprint density at radius 2 is 2.00 bits per heavy atom. The Hall–Kier alpha value is -1.97. The lowest BCUT2D eigenvalue weighted by Gasteiger charge is -2.15. The van der Waals surface area contributed by atoms with E-state index in [0.717, 1.165) is 28.1 Å². The molecule has 1 aromatic carbocycles. The van der Waals surface area contributed by atoms with E-state index in [1.54, 1.807) is 0 Å². The summed E-state index contributed by atoms with van der Waals surface area (Å²) in [6, 6.07) is 6.59. The second kappa shape index (κ2) is 12.5. The molecule has 0 saturated carbocycles. The summed E-state index contributed by atoms with van der Waals surface area (Å²) in [5.41, 5.74) is 6.75. The largest absolute Gasteiger partial charge is 0.285 e. The molecular formula is C25H31NS2. The molecule has 28 heavy (non-hydrogen) atoms. The predicted molar refractivity (Wildman–Crippen MR) is 134 cm³/mol. The molecule has 0 bridgehead atoms. The standard InChI is InChI=1S/C25H31NS2/c1-7-10-11-22(9-3)16-26-19(5)25(20(6)28)15-23(17-27)24-14-21(8-2)13-12-18(24)4/h7,9-15,17,23H,3,8,16H2,1-2,4-6H3/b10-7?,22-11?,25-15+,26-19?. The summed E-state index contributed by atoms with van der Waals surface area (Å²) in [5, 5.41) is 1.81. The molecule has 0 spiro atoms. The predicted octanol–water partition coefficient (Wildman–Crippen LogP) is 7.11. The number of nitrogens with zero attached hydrogens (tertiary/aromatic N) is 1. The highest BCUT2D eigenvalue weighted by atomic mass is 32.1. The summed E-state index contributed by atoms with van der Waals surface area (Å²) in [6.45, 7) is 14.7. The Kier molecular flexibility index (Phi) is 10.7. The summed E-state index contributed by atoms with van der Waals surface area (Å²) < 4.78 is 0. The molecular weight excluding hydrogens is 378 g/mol. The Bertz CT molecular complexity index is 838. The average molecular weight is 410 g/mol. The van der Waals surface area contributed by atoms with Crippen LogP contribution in [0.4, 0.5) is 0 Å². The molecule has 148 valence electrons. The molecule has 0 radical (unpaired) electrons. The third kappa shape index (κ3) is 7.21. The van der Waals surface area contributed by atoms with Crippen LogP contribution in [0, 0.1) is 6.92 Å². The van der Waals surface area contributed by atoms with Crippen LogP contribution in [-0.4, -0.2) is 22.5 Å². The molecule has 1 nitrogen and oxygen atoms in total. The second-order valence-corrected chi connectivity index (χ2v) is 7.60. The van der Waals surface area contributed by atoms with Gasteiger partial charge in [-0.25, -0.2) is 0 Å². The van der Waals surface area contributed by atoms with Gasteiger partial charge in [0, 0.05) is 22.1 Å². The van der Waals surface area contributed by atoms with Gasteiger partial charge in [0.15, 0.2) is 0 Å². The van der Waals surface area contributed by atoms with Crippen molar-refractivity contribution in [1.29, 1.82) is 0 Å². The maximum Gasteiger partial charge on any atom is 0.0642 e. The maximum atomic E-state index is 5.53. The summed E-state index contributed by atoms with van der Waals surface area (Å²) in [6.07, 6.45) is 11.0. The van der Waals surface area contributed by atoms with Crippen LogP contribution < -0.4 is 0 Å². The third-order valence-corrected chi connectivity index (χ3v) is 5.15. The number of hydrogen-bond acceptors (Lipinski definition) is 3. The van der Waals surface area contributed by atoms with Gasteiger partial charge in [0.1, 0.15) is 0 Å². The first kappa shape index (κ1) is 24.1. The normalized spacial score (nSPS) is 14.2. The van der Waals surface area contributed by atoms with Crippen molar-refractivity contribution in [1.82, 2.24) is 0 Å². The average Bonchev–Trinajstić information content (AvgIpc) is 2.69. The van der Waals surface area contributed by atoms with Crippen LogP contribution in [-0.2, 0) is 6.42 Å². The van der Waals surface area contributed by atoms with Crippen LogP contribution in [0.5, 0.6) is 0 Å². The summed E-state index contributed by atoms with van der Waals surface area (Å²) in [4.78, 5) is 5.57. The van der Waals surface area contributed by atoms with Crippen molar-refractivity contribution in [2.24, 2.45) is 4.99 Å². The number of aliphatic imine (C=N–C) groups is 1. The maximum absolute atomic E-state index is 5.53. The minimum atomic E-state index is 0.0250. The van der Waals surface area contributed by atoms with E-state index in [4.69, 9.17) is 29.4 Å². The first-order chi connectivity index (χ1) is 13.4. The van der Waals surface area contributed by atoms with Crippen molar-refractivity contribution in [3.63, 3.8) is 0 Å². The van der Waals surface area contributed by atoms with E-state index >= 15 is 0 Å². The summed E-state index contributed by atoms with van der Waals surface area (Å²) in [5.74, 6) is 0.0250. The quantitative estimate of drug-likeness (QED) is 0.177. The summed E-state index contributed by atoms with van der Waals surface area (Å²) >= 11 is 10.9. The number of rotatable bonds is 10. The van der Waals surface area contributed by atoms with E-state index in [9.17, 15) is 0 Å². The molecule has 3 heteroatoms. The van der Waals surface area contributed by atoms with E-state index in [0.29, 0.717) is 6.54 Å². The van der Waals surface area contributed by atoms with Gasteiger partial charge in [0.25, 0.3) is 0 Å². The molecule has 1 rings (SSSR count). The molecule has 0 saturated heterocycles. The van der Waals surface area contributed by atoms with Crippen molar-refractivity contribution in [2.45, 2.75) is 47.0 Å². The van der Waals surface area contributed by atoms with Crippen LogP contribution >= 0.6 is 24.4 Å². The van der Waals surface area contributed by atoms with Crippen LogP contribution in [0.1, 0.15) is 50.3 Å². The zero-order chi connectivity index (χ0) is 21.1. The van der Waals surface area contributed by atoms with Gasteiger partial charge < -0.3 is 0 Å². The van der Waals surface area contributed by atoms with Gasteiger partial charge in [0.2, 0.25) is 0 Å².